The Labute approximate surface area is 131 Å². The zero-order chi connectivity index (χ0) is 17.0. The summed E-state index contributed by atoms with van der Waals surface area (Å²) in [5.41, 5.74) is -0.740. The van der Waals surface area contributed by atoms with Gasteiger partial charge in [0.05, 0.1) is 4.92 Å². The molecule has 1 N–H and O–H groups in total. The van der Waals surface area contributed by atoms with E-state index in [-0.39, 0.29) is 24.4 Å². The second kappa shape index (κ2) is 7.17. The number of hydrogen-bond donors (Lipinski definition) is 1. The molecule has 1 fully saturated rings. The summed E-state index contributed by atoms with van der Waals surface area (Å²) in [6.07, 6.45) is 2.43. The van der Waals surface area contributed by atoms with E-state index in [9.17, 15) is 24.1 Å². The molecular weight excluding hydrogens is 307 g/mol. The number of benzene rings is 1. The lowest BCUT2D eigenvalue weighted by Crippen LogP contribution is -2.44. The van der Waals surface area contributed by atoms with E-state index in [2.05, 4.69) is 0 Å². The van der Waals surface area contributed by atoms with Crippen molar-refractivity contribution in [2.75, 3.05) is 6.54 Å². The highest BCUT2D eigenvalue weighted by atomic mass is 19.1. The first-order chi connectivity index (χ1) is 10.9. The van der Waals surface area contributed by atoms with Gasteiger partial charge in [-0.3, -0.25) is 19.7 Å². The summed E-state index contributed by atoms with van der Waals surface area (Å²) in [4.78, 5) is 35.1. The van der Waals surface area contributed by atoms with Gasteiger partial charge in [0.15, 0.2) is 0 Å². The molecule has 0 spiro atoms. The van der Waals surface area contributed by atoms with E-state index in [1.807, 2.05) is 0 Å². The number of carbonyl (C=O) groups excluding carboxylic acids is 1. The minimum Gasteiger partial charge on any atom is -0.481 e. The second-order valence-electron chi connectivity index (χ2n) is 5.50. The van der Waals surface area contributed by atoms with Crippen LogP contribution in [-0.2, 0) is 4.79 Å². The van der Waals surface area contributed by atoms with Gasteiger partial charge in [0, 0.05) is 25.1 Å². The highest BCUT2D eigenvalue weighted by molar-refractivity contribution is 5.98. The number of halogens is 1. The molecule has 0 saturated carbocycles. The van der Waals surface area contributed by atoms with E-state index in [1.54, 1.807) is 0 Å². The lowest BCUT2D eigenvalue weighted by atomic mass is 9.96. The zero-order valence-corrected chi connectivity index (χ0v) is 12.4. The van der Waals surface area contributed by atoms with Crippen LogP contribution in [-0.4, -0.2) is 39.4 Å². The predicted octanol–water partition coefficient (Wildman–Crippen LogP) is 2.59. The van der Waals surface area contributed by atoms with Crippen LogP contribution < -0.4 is 0 Å². The van der Waals surface area contributed by atoms with Gasteiger partial charge in [0.25, 0.3) is 11.6 Å². The smallest absolute Gasteiger partial charge is 0.303 e. The molecule has 1 aliphatic heterocycles. The zero-order valence-electron chi connectivity index (χ0n) is 12.4. The molecule has 7 nitrogen and oxygen atoms in total. The molecule has 1 heterocycles. The topological polar surface area (TPSA) is 101 Å². The molecule has 0 aromatic heterocycles. The first kappa shape index (κ1) is 16.9. The first-order valence-corrected chi connectivity index (χ1v) is 7.37. The minimum absolute atomic E-state index is 0.0836. The van der Waals surface area contributed by atoms with Gasteiger partial charge < -0.3 is 10.0 Å². The fourth-order valence-electron chi connectivity index (χ4n) is 2.85. The number of nitro benzene ring substituents is 1. The molecule has 0 radical (unpaired) electrons. The van der Waals surface area contributed by atoms with Gasteiger partial charge in [-0.1, -0.05) is 0 Å². The Morgan fingerprint density at radius 1 is 1.39 bits per heavy atom. The van der Waals surface area contributed by atoms with E-state index in [0.717, 1.165) is 31.0 Å². The number of piperidine rings is 1. The van der Waals surface area contributed by atoms with Crippen molar-refractivity contribution in [2.24, 2.45) is 0 Å². The quantitative estimate of drug-likeness (QED) is 0.662. The van der Waals surface area contributed by atoms with Gasteiger partial charge in [0.2, 0.25) is 0 Å². The number of aliphatic carboxylic acids is 1. The van der Waals surface area contributed by atoms with Gasteiger partial charge in [-0.05, 0) is 37.8 Å². The van der Waals surface area contributed by atoms with Crippen LogP contribution in [0.2, 0.25) is 0 Å². The van der Waals surface area contributed by atoms with E-state index in [1.165, 1.54) is 4.90 Å². The second-order valence-corrected chi connectivity index (χ2v) is 5.50. The van der Waals surface area contributed by atoms with Crippen molar-refractivity contribution in [2.45, 2.75) is 38.1 Å². The molecular formula is C15H17FN2O5. The highest BCUT2D eigenvalue weighted by Gasteiger charge is 2.31. The van der Waals surface area contributed by atoms with Crippen molar-refractivity contribution in [3.05, 3.63) is 39.7 Å². The van der Waals surface area contributed by atoms with Crippen molar-refractivity contribution in [1.82, 2.24) is 4.90 Å². The lowest BCUT2D eigenvalue weighted by molar-refractivity contribution is -0.385. The van der Waals surface area contributed by atoms with Crippen LogP contribution >= 0.6 is 0 Å². The molecule has 2 rings (SSSR count). The Bertz CT molecular complexity index is 634. The van der Waals surface area contributed by atoms with Gasteiger partial charge in [-0.15, -0.1) is 0 Å². The molecule has 1 atom stereocenters. The molecule has 1 saturated heterocycles. The summed E-state index contributed by atoms with van der Waals surface area (Å²) >= 11 is 0. The SMILES string of the molecule is O=C(O)CCC1CCCCN1C(=O)c1cc(F)ccc1[N+](=O)[O-]. The summed E-state index contributed by atoms with van der Waals surface area (Å²) in [6, 6.07) is 2.48. The Balaban J connectivity index is 2.28. The molecule has 0 bridgehead atoms. The summed E-state index contributed by atoms with van der Waals surface area (Å²) in [5.74, 6) is -2.30. The third kappa shape index (κ3) is 4.02. The van der Waals surface area contributed by atoms with E-state index >= 15 is 0 Å². The number of hydrogen-bond acceptors (Lipinski definition) is 4. The highest BCUT2D eigenvalue weighted by Crippen LogP contribution is 2.27. The third-order valence-electron chi connectivity index (χ3n) is 3.97. The molecule has 8 heteroatoms. The molecule has 124 valence electrons. The van der Waals surface area contributed by atoms with Crippen LogP contribution in [0.1, 0.15) is 42.5 Å². The summed E-state index contributed by atoms with van der Waals surface area (Å²) in [6.45, 7) is 0.386. The lowest BCUT2D eigenvalue weighted by Gasteiger charge is -2.35. The predicted molar refractivity (Wildman–Crippen MR) is 78.6 cm³/mol. The number of likely N-dealkylation sites (tertiary alicyclic amines) is 1. The van der Waals surface area contributed by atoms with Crippen molar-refractivity contribution >= 4 is 17.6 Å². The number of carboxylic acids is 1. The number of carbonyl (C=O) groups is 2. The Morgan fingerprint density at radius 3 is 2.78 bits per heavy atom. The molecule has 1 aliphatic rings. The van der Waals surface area contributed by atoms with Crippen molar-refractivity contribution in [1.29, 1.82) is 0 Å². The van der Waals surface area contributed by atoms with E-state index in [4.69, 9.17) is 5.11 Å². The fraction of sp³-hybridized carbons (Fsp3) is 0.467. The molecule has 1 amide bonds. The molecule has 1 aromatic rings. The number of rotatable bonds is 5. The molecule has 1 unspecified atom stereocenters. The third-order valence-corrected chi connectivity index (χ3v) is 3.97. The molecule has 1 aromatic carbocycles. The first-order valence-electron chi connectivity index (χ1n) is 7.37. The number of nitrogens with zero attached hydrogens (tertiary/aromatic N) is 2. The van der Waals surface area contributed by atoms with Crippen molar-refractivity contribution < 1.29 is 24.0 Å². The monoisotopic (exact) mass is 324 g/mol. The fourth-order valence-corrected chi connectivity index (χ4v) is 2.85. The minimum atomic E-state index is -0.959. The maximum Gasteiger partial charge on any atom is 0.303 e. The average Bonchev–Trinajstić information content (AvgIpc) is 2.52. The normalized spacial score (nSPS) is 17.8. The number of amides is 1. The van der Waals surface area contributed by atoms with Gasteiger partial charge in [-0.2, -0.15) is 0 Å². The van der Waals surface area contributed by atoms with Gasteiger partial charge >= 0.3 is 5.97 Å². The van der Waals surface area contributed by atoms with Crippen LogP contribution in [0.5, 0.6) is 0 Å². The van der Waals surface area contributed by atoms with Crippen LogP contribution in [0.15, 0.2) is 18.2 Å². The van der Waals surface area contributed by atoms with Crippen LogP contribution in [0.25, 0.3) is 0 Å². The number of nitro groups is 1. The number of carboxylic acid groups (broad SMARTS) is 1. The average molecular weight is 324 g/mol. The van der Waals surface area contributed by atoms with Crippen molar-refractivity contribution in [3.63, 3.8) is 0 Å². The summed E-state index contributed by atoms with van der Waals surface area (Å²) in [7, 11) is 0. The van der Waals surface area contributed by atoms with Crippen LogP contribution in [0.4, 0.5) is 10.1 Å². The Hall–Kier alpha value is -2.51. The van der Waals surface area contributed by atoms with Crippen molar-refractivity contribution in [3.8, 4) is 0 Å². The maximum atomic E-state index is 13.4. The van der Waals surface area contributed by atoms with Crippen LogP contribution in [0.3, 0.4) is 0 Å². The summed E-state index contributed by atoms with van der Waals surface area (Å²) in [5, 5.41) is 19.8. The Morgan fingerprint density at radius 2 is 2.13 bits per heavy atom. The van der Waals surface area contributed by atoms with E-state index in [0.29, 0.717) is 13.0 Å². The summed E-state index contributed by atoms with van der Waals surface area (Å²) < 4.78 is 13.4. The maximum absolute atomic E-state index is 13.4. The largest absolute Gasteiger partial charge is 0.481 e. The molecule has 0 aliphatic carbocycles. The van der Waals surface area contributed by atoms with Gasteiger partial charge in [-0.25, -0.2) is 4.39 Å². The standard InChI is InChI=1S/C15H17FN2O5/c16-10-4-6-13(18(22)23)12(9-10)15(21)17-8-2-1-3-11(17)5-7-14(19)20/h4,6,9,11H,1-3,5,7-8H2,(H,19,20). The van der Waals surface area contributed by atoms with Crippen LogP contribution in [0, 0.1) is 15.9 Å². The Kier molecular flexibility index (Phi) is 5.25. The van der Waals surface area contributed by atoms with E-state index < -0.39 is 28.3 Å². The molecule has 23 heavy (non-hydrogen) atoms. The van der Waals surface area contributed by atoms with Gasteiger partial charge in [0.1, 0.15) is 11.4 Å².